The van der Waals surface area contributed by atoms with Crippen LogP contribution in [0.1, 0.15) is 43.1 Å². The molecule has 1 amide bonds. The van der Waals surface area contributed by atoms with Crippen molar-refractivity contribution in [1.29, 1.82) is 0 Å². The highest BCUT2D eigenvalue weighted by Crippen LogP contribution is 2.30. The van der Waals surface area contributed by atoms with E-state index in [-0.39, 0.29) is 29.7 Å². The van der Waals surface area contributed by atoms with Crippen LogP contribution in [0.2, 0.25) is 0 Å². The monoisotopic (exact) mass is 379 g/mol. The summed E-state index contributed by atoms with van der Waals surface area (Å²) in [6.07, 6.45) is -0.734. The number of esters is 1. The van der Waals surface area contributed by atoms with Crippen molar-refractivity contribution in [3.05, 3.63) is 29.3 Å². The average molecular weight is 379 g/mol. The first-order valence-corrected chi connectivity index (χ1v) is 8.58. The predicted octanol–water partition coefficient (Wildman–Crippen LogP) is 1.21. The van der Waals surface area contributed by atoms with Gasteiger partial charge < -0.3 is 29.2 Å². The minimum absolute atomic E-state index is 0.0765. The maximum atomic E-state index is 12.2. The minimum atomic E-state index is -1.31. The molecule has 1 aromatic carbocycles. The normalized spacial score (nSPS) is 15.4. The van der Waals surface area contributed by atoms with Crippen molar-refractivity contribution >= 4 is 25.2 Å². The molecule has 0 bridgehead atoms. The Morgan fingerprint density at radius 3 is 2.74 bits per heavy atom. The van der Waals surface area contributed by atoms with Crippen molar-refractivity contribution < 1.29 is 38.3 Å². The second-order valence-corrected chi connectivity index (χ2v) is 6.14. The van der Waals surface area contributed by atoms with Gasteiger partial charge >= 0.3 is 19.2 Å². The van der Waals surface area contributed by atoms with E-state index in [1.165, 1.54) is 6.07 Å². The highest BCUT2D eigenvalue weighted by Gasteiger charge is 2.37. The van der Waals surface area contributed by atoms with E-state index in [4.69, 9.17) is 14.1 Å². The van der Waals surface area contributed by atoms with Crippen LogP contribution in [0.3, 0.4) is 0 Å². The Hall–Kier alpha value is -2.75. The van der Waals surface area contributed by atoms with Crippen LogP contribution in [0.15, 0.2) is 18.2 Å². The maximum absolute atomic E-state index is 12.2. The molecule has 1 heterocycles. The third-order valence-electron chi connectivity index (χ3n) is 3.71. The van der Waals surface area contributed by atoms with E-state index in [0.717, 1.165) is 0 Å². The van der Waals surface area contributed by atoms with Crippen LogP contribution >= 0.6 is 0 Å². The van der Waals surface area contributed by atoms with Gasteiger partial charge in [-0.15, -0.1) is 0 Å². The van der Waals surface area contributed by atoms with Crippen molar-refractivity contribution in [2.24, 2.45) is 0 Å². The van der Waals surface area contributed by atoms with Gasteiger partial charge in [-0.2, -0.15) is 0 Å². The van der Waals surface area contributed by atoms with Gasteiger partial charge in [0.25, 0.3) is 0 Å². The summed E-state index contributed by atoms with van der Waals surface area (Å²) in [5.41, 5.74) is 0.712. The number of carbonyl (C=O) groups excluding carboxylic acids is 3. The van der Waals surface area contributed by atoms with E-state index in [1.807, 2.05) is 0 Å². The zero-order valence-electron chi connectivity index (χ0n) is 15.4. The molecule has 0 spiro atoms. The highest BCUT2D eigenvalue weighted by molar-refractivity contribution is 6.47. The van der Waals surface area contributed by atoms with Crippen molar-refractivity contribution in [2.45, 2.75) is 45.7 Å². The summed E-state index contributed by atoms with van der Waals surface area (Å²) in [6, 6.07) is 4.81. The first-order valence-electron chi connectivity index (χ1n) is 8.58. The molecule has 2 N–H and O–H groups in total. The van der Waals surface area contributed by atoms with Gasteiger partial charge in [0.2, 0.25) is 12.7 Å². The van der Waals surface area contributed by atoms with Crippen molar-refractivity contribution in [1.82, 2.24) is 5.32 Å². The summed E-state index contributed by atoms with van der Waals surface area (Å²) in [7, 11) is -1.31. The van der Waals surface area contributed by atoms with Gasteiger partial charge in [0, 0.05) is 6.42 Å². The molecule has 0 unspecified atom stereocenters. The molecule has 9 nitrogen and oxygen atoms in total. The Bertz CT molecular complexity index is 708. The molecule has 1 atom stereocenters. The predicted molar refractivity (Wildman–Crippen MR) is 94.0 cm³/mol. The van der Waals surface area contributed by atoms with Crippen LogP contribution in [0.25, 0.3) is 0 Å². The van der Waals surface area contributed by atoms with Gasteiger partial charge in [-0.3, -0.25) is 4.79 Å². The number of hydrogen-bond donors (Lipinski definition) is 2. The SMILES string of the molecule is CCC(=O)N[C@H]1Cc2cccc(C(=O)OCOC(=O)OC(C)C)c2OB1O. The Kier molecular flexibility index (Phi) is 7.06. The number of hydrogen-bond acceptors (Lipinski definition) is 8. The first kappa shape index (κ1) is 20.6. The van der Waals surface area contributed by atoms with Gasteiger partial charge in [-0.1, -0.05) is 19.1 Å². The van der Waals surface area contributed by atoms with Crippen LogP contribution in [-0.4, -0.2) is 49.0 Å². The molecule has 0 saturated heterocycles. The zero-order valence-corrected chi connectivity index (χ0v) is 15.4. The van der Waals surface area contributed by atoms with Crippen molar-refractivity contribution in [3.8, 4) is 5.75 Å². The number of ether oxygens (including phenoxy) is 3. The second kappa shape index (κ2) is 9.27. The lowest BCUT2D eigenvalue weighted by Gasteiger charge is -2.29. The Balaban J connectivity index is 2.02. The number of amides is 1. The largest absolute Gasteiger partial charge is 0.547 e. The van der Waals surface area contributed by atoms with E-state index in [9.17, 15) is 19.4 Å². The van der Waals surface area contributed by atoms with E-state index in [2.05, 4.69) is 10.1 Å². The molecule has 146 valence electrons. The number of carbonyl (C=O) groups is 3. The molecular formula is C17H22BNO8. The molecule has 1 aromatic rings. The van der Waals surface area contributed by atoms with E-state index in [0.29, 0.717) is 12.0 Å². The molecule has 1 aliphatic heterocycles. The lowest BCUT2D eigenvalue weighted by molar-refractivity contribution is -0.121. The minimum Gasteiger partial charge on any atom is -0.534 e. The van der Waals surface area contributed by atoms with Crippen LogP contribution in [0.5, 0.6) is 5.75 Å². The topological polar surface area (TPSA) is 120 Å². The molecule has 27 heavy (non-hydrogen) atoms. The summed E-state index contributed by atoms with van der Waals surface area (Å²) >= 11 is 0. The van der Waals surface area contributed by atoms with Crippen LogP contribution in [0.4, 0.5) is 4.79 Å². The first-order chi connectivity index (χ1) is 12.8. The number of benzene rings is 1. The number of fused-ring (bicyclic) bond motifs is 1. The maximum Gasteiger partial charge on any atom is 0.547 e. The van der Waals surface area contributed by atoms with Crippen LogP contribution in [-0.2, 0) is 25.4 Å². The lowest BCUT2D eigenvalue weighted by Crippen LogP contribution is -2.53. The Morgan fingerprint density at radius 1 is 1.33 bits per heavy atom. The third-order valence-corrected chi connectivity index (χ3v) is 3.71. The molecular weight excluding hydrogens is 357 g/mol. The Morgan fingerprint density at radius 2 is 2.07 bits per heavy atom. The van der Waals surface area contributed by atoms with Crippen LogP contribution in [0, 0.1) is 0 Å². The fourth-order valence-electron chi connectivity index (χ4n) is 2.45. The summed E-state index contributed by atoms with van der Waals surface area (Å²) < 4.78 is 19.7. The van der Waals surface area contributed by atoms with Gasteiger partial charge in [0.15, 0.2) is 0 Å². The fourth-order valence-corrected chi connectivity index (χ4v) is 2.45. The van der Waals surface area contributed by atoms with E-state index >= 15 is 0 Å². The molecule has 0 saturated carbocycles. The lowest BCUT2D eigenvalue weighted by atomic mass is 9.72. The summed E-state index contributed by atoms with van der Waals surface area (Å²) in [4.78, 5) is 35.1. The molecule has 0 aromatic heterocycles. The zero-order chi connectivity index (χ0) is 20.0. The third kappa shape index (κ3) is 5.62. The Labute approximate surface area is 157 Å². The molecule has 1 aliphatic rings. The standard InChI is InChI=1S/C17H22BNO8/c1-4-14(20)19-13-8-11-6-5-7-12(15(11)27-18(13)23)16(21)24-9-25-17(22)26-10(2)3/h5-7,10,13,23H,4,8-9H2,1-3H3,(H,19,20)/t13-/m0/s1. The molecule has 0 aliphatic carbocycles. The number of rotatable bonds is 6. The van der Waals surface area contributed by atoms with Gasteiger partial charge in [0.1, 0.15) is 11.3 Å². The van der Waals surface area contributed by atoms with Gasteiger partial charge in [-0.05, 0) is 31.9 Å². The fraction of sp³-hybridized carbons (Fsp3) is 0.471. The van der Waals surface area contributed by atoms with Crippen LogP contribution < -0.4 is 9.97 Å². The number of para-hydroxylation sites is 1. The smallest absolute Gasteiger partial charge is 0.534 e. The molecule has 2 rings (SSSR count). The molecule has 0 radical (unpaired) electrons. The summed E-state index contributed by atoms with van der Waals surface area (Å²) in [5, 5.41) is 12.8. The van der Waals surface area contributed by atoms with E-state index < -0.39 is 32.0 Å². The summed E-state index contributed by atoms with van der Waals surface area (Å²) in [6.45, 7) is 4.39. The average Bonchev–Trinajstić information content (AvgIpc) is 2.61. The quantitative estimate of drug-likeness (QED) is 0.430. The summed E-state index contributed by atoms with van der Waals surface area (Å²) in [5.74, 6) is -1.45. The molecule has 0 fully saturated rings. The van der Waals surface area contributed by atoms with E-state index in [1.54, 1.807) is 32.9 Å². The van der Waals surface area contributed by atoms with Gasteiger partial charge in [-0.25, -0.2) is 9.59 Å². The van der Waals surface area contributed by atoms with Gasteiger partial charge in [0.05, 0.1) is 12.0 Å². The number of nitrogens with one attached hydrogen (secondary N) is 1. The van der Waals surface area contributed by atoms with Crippen molar-refractivity contribution in [3.63, 3.8) is 0 Å². The highest BCUT2D eigenvalue weighted by atomic mass is 16.8. The second-order valence-electron chi connectivity index (χ2n) is 6.14. The molecule has 10 heteroatoms. The van der Waals surface area contributed by atoms with Crippen molar-refractivity contribution in [2.75, 3.05) is 6.79 Å².